The number of nitrogens with zero attached hydrogens (tertiary/aromatic N) is 1. The highest BCUT2D eigenvalue weighted by Crippen LogP contribution is 2.05. The third-order valence-electron chi connectivity index (χ3n) is 2.22. The van der Waals surface area contributed by atoms with E-state index in [1.807, 2.05) is 11.8 Å². The number of hydrogen-bond donors (Lipinski definition) is 1. The molecule has 2 nitrogen and oxygen atoms in total. The number of nitrogens with one attached hydrogen (secondary N) is 1. The molecule has 1 heterocycles. The molecule has 0 aromatic heterocycles. The number of piperidine rings is 1. The van der Waals surface area contributed by atoms with Crippen LogP contribution in [-0.2, 0) is 0 Å². The molecule has 3 heteroatoms. The van der Waals surface area contributed by atoms with Crippen molar-refractivity contribution in [2.24, 2.45) is 0 Å². The molecule has 0 amide bonds. The summed E-state index contributed by atoms with van der Waals surface area (Å²) in [5, 5.41) is 2.38. The first-order chi connectivity index (χ1) is 5.93. The summed E-state index contributed by atoms with van der Waals surface area (Å²) in [5.41, 5.74) is 3.48. The molecular weight excluding hydrogens is 168 g/mol. The van der Waals surface area contributed by atoms with Gasteiger partial charge in [-0.1, -0.05) is 6.42 Å². The first kappa shape index (κ1) is 10.4. The van der Waals surface area contributed by atoms with Gasteiger partial charge in [-0.2, -0.15) is 11.8 Å². The Balaban J connectivity index is 1.91. The maximum absolute atomic E-state index is 3.48. The van der Waals surface area contributed by atoms with Gasteiger partial charge in [0.2, 0.25) is 0 Å². The van der Waals surface area contributed by atoms with E-state index in [0.29, 0.717) is 0 Å². The fourth-order valence-corrected chi connectivity index (χ4v) is 1.94. The first-order valence-corrected chi connectivity index (χ1v) is 6.30. The highest BCUT2D eigenvalue weighted by atomic mass is 32.2. The summed E-state index contributed by atoms with van der Waals surface area (Å²) < 4.78 is 0. The van der Waals surface area contributed by atoms with E-state index in [1.54, 1.807) is 0 Å². The van der Waals surface area contributed by atoms with Crippen molar-refractivity contribution in [1.82, 2.24) is 10.4 Å². The summed E-state index contributed by atoms with van der Waals surface area (Å²) in [5.74, 6) is 1.28. The number of rotatable bonds is 5. The molecule has 1 saturated heterocycles. The van der Waals surface area contributed by atoms with Crippen LogP contribution < -0.4 is 5.43 Å². The fourth-order valence-electron chi connectivity index (χ4n) is 1.51. The molecule has 12 heavy (non-hydrogen) atoms. The minimum atomic E-state index is 1.15. The van der Waals surface area contributed by atoms with E-state index in [9.17, 15) is 0 Å². The van der Waals surface area contributed by atoms with Crippen molar-refractivity contribution < 1.29 is 0 Å². The van der Waals surface area contributed by atoms with Crippen LogP contribution in [0.1, 0.15) is 25.7 Å². The lowest BCUT2D eigenvalue weighted by molar-refractivity contribution is 0.155. The van der Waals surface area contributed by atoms with Gasteiger partial charge in [0.1, 0.15) is 0 Å². The molecule has 1 aliphatic rings. The molecule has 72 valence electrons. The van der Waals surface area contributed by atoms with Crippen molar-refractivity contribution in [3.8, 4) is 0 Å². The van der Waals surface area contributed by atoms with Gasteiger partial charge in [-0.15, -0.1) is 0 Å². The molecule has 0 radical (unpaired) electrons. The van der Waals surface area contributed by atoms with Crippen LogP contribution in [0.4, 0.5) is 0 Å². The zero-order chi connectivity index (χ0) is 8.65. The summed E-state index contributed by atoms with van der Waals surface area (Å²) in [4.78, 5) is 0. The van der Waals surface area contributed by atoms with Crippen LogP contribution in [0.3, 0.4) is 0 Å². The average Bonchev–Trinajstić information content (AvgIpc) is 2.14. The Morgan fingerprint density at radius 1 is 1.25 bits per heavy atom. The van der Waals surface area contributed by atoms with E-state index < -0.39 is 0 Å². The first-order valence-electron chi connectivity index (χ1n) is 4.91. The van der Waals surface area contributed by atoms with Gasteiger partial charge in [-0.3, -0.25) is 5.43 Å². The second-order valence-corrected chi connectivity index (χ2v) is 4.29. The van der Waals surface area contributed by atoms with Gasteiger partial charge >= 0.3 is 0 Å². The van der Waals surface area contributed by atoms with Crippen LogP contribution in [0, 0.1) is 0 Å². The molecule has 1 aliphatic heterocycles. The molecule has 0 aromatic carbocycles. The maximum Gasteiger partial charge on any atom is 0.0131 e. The minimum Gasteiger partial charge on any atom is -0.255 e. The second-order valence-electron chi connectivity index (χ2n) is 3.30. The largest absolute Gasteiger partial charge is 0.255 e. The lowest BCUT2D eigenvalue weighted by Gasteiger charge is -2.26. The average molecular weight is 188 g/mol. The van der Waals surface area contributed by atoms with Gasteiger partial charge in [0.15, 0.2) is 0 Å². The van der Waals surface area contributed by atoms with Crippen molar-refractivity contribution in [3.63, 3.8) is 0 Å². The normalized spacial score (nSPS) is 19.8. The maximum atomic E-state index is 3.48. The summed E-state index contributed by atoms with van der Waals surface area (Å²) in [6.45, 7) is 3.65. The van der Waals surface area contributed by atoms with E-state index in [2.05, 4.69) is 16.7 Å². The van der Waals surface area contributed by atoms with E-state index in [0.717, 1.165) is 6.54 Å². The van der Waals surface area contributed by atoms with Crippen molar-refractivity contribution in [3.05, 3.63) is 0 Å². The Hall–Kier alpha value is 0.270. The number of thioether (sulfide) groups is 1. The highest BCUT2D eigenvalue weighted by molar-refractivity contribution is 7.98. The Labute approximate surface area is 80.1 Å². The zero-order valence-electron chi connectivity index (χ0n) is 8.01. The monoisotopic (exact) mass is 188 g/mol. The summed E-state index contributed by atoms with van der Waals surface area (Å²) >= 11 is 1.93. The van der Waals surface area contributed by atoms with E-state index in [4.69, 9.17) is 0 Å². The Kier molecular flexibility index (Phi) is 5.82. The lowest BCUT2D eigenvalue weighted by Crippen LogP contribution is -2.42. The number of hydrogen-bond acceptors (Lipinski definition) is 3. The van der Waals surface area contributed by atoms with Crippen LogP contribution in [0.15, 0.2) is 0 Å². The van der Waals surface area contributed by atoms with Gasteiger partial charge in [0.25, 0.3) is 0 Å². The third-order valence-corrected chi connectivity index (χ3v) is 2.91. The van der Waals surface area contributed by atoms with E-state index in [-0.39, 0.29) is 0 Å². The molecule has 1 N–H and O–H groups in total. The molecule has 0 aliphatic carbocycles. The SMILES string of the molecule is CSCCCNN1CCCCC1. The van der Waals surface area contributed by atoms with Crippen molar-refractivity contribution >= 4 is 11.8 Å². The highest BCUT2D eigenvalue weighted by Gasteiger charge is 2.07. The molecule has 0 spiro atoms. The molecular formula is C9H20N2S. The number of hydrazine groups is 1. The summed E-state index contributed by atoms with van der Waals surface area (Å²) in [6, 6.07) is 0. The van der Waals surface area contributed by atoms with Crippen LogP contribution in [0.5, 0.6) is 0 Å². The van der Waals surface area contributed by atoms with Crippen LogP contribution in [0.25, 0.3) is 0 Å². The summed E-state index contributed by atoms with van der Waals surface area (Å²) in [7, 11) is 0. The third kappa shape index (κ3) is 4.33. The predicted molar refractivity (Wildman–Crippen MR) is 56.4 cm³/mol. The zero-order valence-corrected chi connectivity index (χ0v) is 8.83. The summed E-state index contributed by atoms with van der Waals surface area (Å²) in [6.07, 6.45) is 7.62. The van der Waals surface area contributed by atoms with E-state index in [1.165, 1.54) is 44.5 Å². The lowest BCUT2D eigenvalue weighted by atomic mass is 10.2. The molecule has 0 atom stereocenters. The van der Waals surface area contributed by atoms with Gasteiger partial charge in [-0.25, -0.2) is 5.01 Å². The molecule has 1 fully saturated rings. The minimum absolute atomic E-state index is 1.15. The van der Waals surface area contributed by atoms with Gasteiger partial charge in [0, 0.05) is 19.6 Å². The molecule has 0 saturated carbocycles. The molecule has 0 bridgehead atoms. The fraction of sp³-hybridized carbons (Fsp3) is 1.00. The van der Waals surface area contributed by atoms with Crippen molar-refractivity contribution in [2.45, 2.75) is 25.7 Å². The molecule has 1 rings (SSSR count). The van der Waals surface area contributed by atoms with Crippen molar-refractivity contribution in [2.75, 3.05) is 31.6 Å². The Bertz CT molecular complexity index is 103. The van der Waals surface area contributed by atoms with Crippen molar-refractivity contribution in [1.29, 1.82) is 0 Å². The van der Waals surface area contributed by atoms with Gasteiger partial charge in [-0.05, 0) is 31.3 Å². The topological polar surface area (TPSA) is 15.3 Å². The van der Waals surface area contributed by atoms with Crippen LogP contribution >= 0.6 is 11.8 Å². The molecule has 0 unspecified atom stereocenters. The smallest absolute Gasteiger partial charge is 0.0131 e. The van der Waals surface area contributed by atoms with Crippen LogP contribution in [-0.4, -0.2) is 36.7 Å². The Morgan fingerprint density at radius 3 is 2.67 bits per heavy atom. The molecule has 0 aromatic rings. The standard InChI is InChI=1S/C9H20N2S/c1-12-9-5-6-10-11-7-3-2-4-8-11/h10H,2-9H2,1H3. The second kappa shape index (κ2) is 6.75. The Morgan fingerprint density at radius 2 is 2.00 bits per heavy atom. The van der Waals surface area contributed by atoms with Gasteiger partial charge < -0.3 is 0 Å². The van der Waals surface area contributed by atoms with Gasteiger partial charge in [0.05, 0.1) is 0 Å². The van der Waals surface area contributed by atoms with E-state index >= 15 is 0 Å². The predicted octanol–water partition coefficient (Wildman–Crippen LogP) is 1.73. The quantitative estimate of drug-likeness (QED) is 0.662. The van der Waals surface area contributed by atoms with Crippen LogP contribution in [0.2, 0.25) is 0 Å².